The number of hydrogen-bond acceptors (Lipinski definition) is 6. The Bertz CT molecular complexity index is 924. The Kier molecular flexibility index (Phi) is 4.98. The van der Waals surface area contributed by atoms with E-state index >= 15 is 0 Å². The maximum absolute atomic E-state index is 6.18. The average molecular weight is 366 g/mol. The fraction of sp³-hybridized carbons (Fsp3) is 0.286. The summed E-state index contributed by atoms with van der Waals surface area (Å²) in [7, 11) is 3.25. The predicted molar refractivity (Wildman–Crippen MR) is 104 cm³/mol. The highest BCUT2D eigenvalue weighted by Gasteiger charge is 2.20. The van der Waals surface area contributed by atoms with Gasteiger partial charge < -0.3 is 23.8 Å². The maximum Gasteiger partial charge on any atom is 0.172 e. The molecular weight excluding hydrogens is 344 g/mol. The molecule has 0 amide bonds. The van der Waals surface area contributed by atoms with Crippen molar-refractivity contribution in [2.75, 3.05) is 45.4 Å². The van der Waals surface area contributed by atoms with Crippen LogP contribution in [0.1, 0.15) is 0 Å². The van der Waals surface area contributed by atoms with E-state index in [0.717, 1.165) is 35.6 Å². The number of pyridine rings is 1. The molecule has 0 spiro atoms. The van der Waals surface area contributed by atoms with Crippen LogP contribution in [0.5, 0.6) is 23.0 Å². The van der Waals surface area contributed by atoms with Crippen LogP contribution in [0.3, 0.4) is 0 Å². The van der Waals surface area contributed by atoms with Crippen LogP contribution in [0, 0.1) is 0 Å². The van der Waals surface area contributed by atoms with Gasteiger partial charge in [-0.2, -0.15) is 0 Å². The van der Waals surface area contributed by atoms with E-state index in [4.69, 9.17) is 23.9 Å². The van der Waals surface area contributed by atoms with Gasteiger partial charge >= 0.3 is 0 Å². The molecule has 6 heteroatoms. The fourth-order valence-electron chi connectivity index (χ4n) is 3.16. The van der Waals surface area contributed by atoms with Gasteiger partial charge in [-0.15, -0.1) is 0 Å². The van der Waals surface area contributed by atoms with Crippen molar-refractivity contribution in [3.8, 4) is 23.0 Å². The molecule has 3 aromatic rings. The van der Waals surface area contributed by atoms with Gasteiger partial charge in [0.1, 0.15) is 5.75 Å². The van der Waals surface area contributed by atoms with Crippen molar-refractivity contribution >= 4 is 16.7 Å². The molecule has 27 heavy (non-hydrogen) atoms. The van der Waals surface area contributed by atoms with Crippen LogP contribution in [0.15, 0.2) is 48.5 Å². The van der Waals surface area contributed by atoms with Crippen LogP contribution in [0.25, 0.3) is 10.9 Å². The number of morpholine rings is 1. The van der Waals surface area contributed by atoms with Crippen molar-refractivity contribution in [3.63, 3.8) is 0 Å². The molecule has 2 heterocycles. The van der Waals surface area contributed by atoms with Crippen molar-refractivity contribution in [2.45, 2.75) is 0 Å². The smallest absolute Gasteiger partial charge is 0.172 e. The quantitative estimate of drug-likeness (QED) is 0.683. The Morgan fingerprint density at radius 3 is 2.26 bits per heavy atom. The minimum absolute atomic E-state index is 0.655. The van der Waals surface area contributed by atoms with Crippen LogP contribution in [-0.2, 0) is 4.74 Å². The number of hydrogen-bond donors (Lipinski definition) is 0. The molecule has 140 valence electrons. The molecule has 0 radical (unpaired) electrons. The topological polar surface area (TPSA) is 53.1 Å². The summed E-state index contributed by atoms with van der Waals surface area (Å²) in [6, 6.07) is 15.5. The molecule has 6 nitrogen and oxygen atoms in total. The maximum atomic E-state index is 6.18. The van der Waals surface area contributed by atoms with Gasteiger partial charge in [-0.3, -0.25) is 0 Å². The van der Waals surface area contributed by atoms with Crippen LogP contribution < -0.4 is 19.1 Å². The molecule has 1 aliphatic rings. The molecule has 0 atom stereocenters. The highest BCUT2D eigenvalue weighted by atomic mass is 16.5. The molecule has 0 bridgehead atoms. The lowest BCUT2D eigenvalue weighted by Gasteiger charge is -2.29. The summed E-state index contributed by atoms with van der Waals surface area (Å²) in [5.74, 6) is 3.61. The number of nitrogens with zero attached hydrogens (tertiary/aromatic N) is 2. The minimum atomic E-state index is 0.655. The van der Waals surface area contributed by atoms with E-state index in [9.17, 15) is 0 Å². The fourth-order valence-corrected chi connectivity index (χ4v) is 3.16. The van der Waals surface area contributed by atoms with E-state index in [2.05, 4.69) is 4.90 Å². The van der Waals surface area contributed by atoms with Gasteiger partial charge in [0.25, 0.3) is 0 Å². The Balaban J connectivity index is 1.83. The molecule has 0 N–H and O–H groups in total. The molecular formula is C21H22N2O4. The predicted octanol–water partition coefficient (Wildman–Crippen LogP) is 3.88. The van der Waals surface area contributed by atoms with Crippen LogP contribution in [0.2, 0.25) is 0 Å². The van der Waals surface area contributed by atoms with Crippen LogP contribution in [0.4, 0.5) is 5.82 Å². The van der Waals surface area contributed by atoms with Gasteiger partial charge in [0.05, 0.1) is 33.0 Å². The molecule has 0 unspecified atom stereocenters. The number of fused-ring (bicyclic) bond motifs is 1. The molecule has 1 aliphatic heterocycles. The van der Waals surface area contributed by atoms with Crippen molar-refractivity contribution < 1.29 is 18.9 Å². The Hall–Kier alpha value is -2.99. The van der Waals surface area contributed by atoms with Crippen molar-refractivity contribution in [2.24, 2.45) is 0 Å². The van der Waals surface area contributed by atoms with Gasteiger partial charge in [0, 0.05) is 24.5 Å². The number of benzene rings is 2. The third kappa shape index (κ3) is 3.61. The van der Waals surface area contributed by atoms with Gasteiger partial charge in [-0.1, -0.05) is 18.2 Å². The lowest BCUT2D eigenvalue weighted by molar-refractivity contribution is 0.122. The number of ether oxygens (including phenoxy) is 4. The van der Waals surface area contributed by atoms with E-state index in [1.165, 1.54) is 0 Å². The van der Waals surface area contributed by atoms with Crippen molar-refractivity contribution in [1.82, 2.24) is 4.98 Å². The SMILES string of the molecule is COc1cc2cc(Oc3ccccc3)c(N3CCOCC3)nc2cc1OC. The second-order valence-corrected chi connectivity index (χ2v) is 6.22. The summed E-state index contributed by atoms with van der Waals surface area (Å²) in [6.45, 7) is 2.90. The normalized spacial score (nSPS) is 14.2. The lowest BCUT2D eigenvalue weighted by atomic mass is 10.1. The summed E-state index contributed by atoms with van der Waals surface area (Å²) in [5.41, 5.74) is 0.828. The first kappa shape index (κ1) is 17.4. The zero-order valence-electron chi connectivity index (χ0n) is 15.5. The second kappa shape index (κ2) is 7.72. The van der Waals surface area contributed by atoms with Gasteiger partial charge in [0.2, 0.25) is 0 Å². The van der Waals surface area contributed by atoms with Crippen molar-refractivity contribution in [1.29, 1.82) is 0 Å². The zero-order valence-corrected chi connectivity index (χ0v) is 15.5. The lowest BCUT2D eigenvalue weighted by Crippen LogP contribution is -2.37. The summed E-state index contributed by atoms with van der Waals surface area (Å²) < 4.78 is 22.5. The summed E-state index contributed by atoms with van der Waals surface area (Å²) in [4.78, 5) is 7.08. The van der Waals surface area contributed by atoms with Gasteiger partial charge in [0.15, 0.2) is 23.1 Å². The molecule has 0 aliphatic carbocycles. The largest absolute Gasteiger partial charge is 0.493 e. The molecule has 2 aromatic carbocycles. The first-order valence-electron chi connectivity index (χ1n) is 8.91. The Labute approximate surface area is 158 Å². The monoisotopic (exact) mass is 366 g/mol. The molecule has 1 fully saturated rings. The molecule has 1 aromatic heterocycles. The van der Waals surface area contributed by atoms with E-state index in [-0.39, 0.29) is 0 Å². The number of methoxy groups -OCH3 is 2. The number of para-hydroxylation sites is 1. The standard InChI is InChI=1S/C21H22N2O4/c1-24-18-12-15-13-20(27-16-6-4-3-5-7-16)21(23-8-10-26-11-9-23)22-17(15)14-19(18)25-2/h3-7,12-14H,8-11H2,1-2H3. The zero-order chi connectivity index (χ0) is 18.6. The van der Waals surface area contributed by atoms with E-state index in [1.54, 1.807) is 14.2 Å². The third-order valence-corrected chi connectivity index (χ3v) is 4.55. The number of anilines is 1. The summed E-state index contributed by atoms with van der Waals surface area (Å²) in [6.07, 6.45) is 0. The first-order chi connectivity index (χ1) is 13.3. The highest BCUT2D eigenvalue weighted by molar-refractivity contribution is 5.86. The highest BCUT2D eigenvalue weighted by Crippen LogP contribution is 2.38. The molecule has 0 saturated carbocycles. The molecule has 1 saturated heterocycles. The third-order valence-electron chi connectivity index (χ3n) is 4.55. The van der Waals surface area contributed by atoms with E-state index < -0.39 is 0 Å². The van der Waals surface area contributed by atoms with Gasteiger partial charge in [-0.25, -0.2) is 4.98 Å². The van der Waals surface area contributed by atoms with Crippen LogP contribution >= 0.6 is 0 Å². The summed E-state index contributed by atoms with van der Waals surface area (Å²) >= 11 is 0. The minimum Gasteiger partial charge on any atom is -0.493 e. The summed E-state index contributed by atoms with van der Waals surface area (Å²) in [5, 5.41) is 0.926. The number of rotatable bonds is 5. The van der Waals surface area contributed by atoms with Crippen LogP contribution in [-0.4, -0.2) is 45.5 Å². The van der Waals surface area contributed by atoms with E-state index in [1.807, 2.05) is 48.5 Å². The average Bonchev–Trinajstić information content (AvgIpc) is 2.73. The first-order valence-corrected chi connectivity index (χ1v) is 8.91. The second-order valence-electron chi connectivity index (χ2n) is 6.22. The van der Waals surface area contributed by atoms with Crippen molar-refractivity contribution in [3.05, 3.63) is 48.5 Å². The van der Waals surface area contributed by atoms with Gasteiger partial charge in [-0.05, 0) is 24.3 Å². The molecule has 4 rings (SSSR count). The number of aromatic nitrogens is 1. The Morgan fingerprint density at radius 1 is 0.889 bits per heavy atom. The van der Waals surface area contributed by atoms with E-state index in [0.29, 0.717) is 30.5 Å². The Morgan fingerprint density at radius 2 is 1.56 bits per heavy atom.